The number of aromatic nitrogens is 2. The average Bonchev–Trinajstić information content (AvgIpc) is 3.27. The van der Waals surface area contributed by atoms with Crippen LogP contribution in [0.2, 0.25) is 0 Å². The number of anilines is 1. The molecular weight excluding hydrogens is 312 g/mol. The average molecular weight is 335 g/mol. The second-order valence-corrected chi connectivity index (χ2v) is 6.24. The largest absolute Gasteiger partial charge is 0.372 e. The first kappa shape index (κ1) is 16.3. The predicted octanol–water partition coefficient (Wildman–Crippen LogP) is 3.23. The van der Waals surface area contributed by atoms with Crippen molar-refractivity contribution >= 4 is 18.1 Å². The van der Waals surface area contributed by atoms with Crippen LogP contribution < -0.4 is 10.2 Å². The van der Waals surface area contributed by atoms with E-state index >= 15 is 0 Å². The monoisotopic (exact) mass is 334 g/mol. The molecule has 2 fully saturated rings. The van der Waals surface area contributed by atoms with E-state index in [4.69, 9.17) is 4.52 Å². The highest BCUT2D eigenvalue weighted by molar-refractivity contribution is 5.85. The number of benzene rings is 1. The summed E-state index contributed by atoms with van der Waals surface area (Å²) < 4.78 is 5.44. The first-order valence-electron chi connectivity index (χ1n) is 8.30. The van der Waals surface area contributed by atoms with Crippen molar-refractivity contribution in [1.29, 1.82) is 0 Å². The van der Waals surface area contributed by atoms with E-state index in [2.05, 4.69) is 44.6 Å². The zero-order valence-corrected chi connectivity index (χ0v) is 14.0. The van der Waals surface area contributed by atoms with Crippen molar-refractivity contribution in [1.82, 2.24) is 15.5 Å². The van der Waals surface area contributed by atoms with Crippen molar-refractivity contribution in [3.8, 4) is 11.4 Å². The highest BCUT2D eigenvalue weighted by atomic mass is 35.5. The number of piperidine rings is 1. The molecule has 2 aliphatic rings. The fourth-order valence-electron chi connectivity index (χ4n) is 3.36. The van der Waals surface area contributed by atoms with Gasteiger partial charge < -0.3 is 14.7 Å². The molecule has 1 aromatic carbocycles. The Labute approximate surface area is 142 Å². The lowest BCUT2D eigenvalue weighted by Crippen LogP contribution is -2.29. The van der Waals surface area contributed by atoms with Crippen molar-refractivity contribution in [2.24, 2.45) is 0 Å². The number of hydrogen-bond acceptors (Lipinski definition) is 5. The lowest BCUT2D eigenvalue weighted by Gasteiger charge is -2.28. The molecule has 0 bridgehead atoms. The molecule has 0 radical (unpaired) electrons. The Morgan fingerprint density at radius 2 is 1.87 bits per heavy atom. The van der Waals surface area contributed by atoms with Crippen LogP contribution in [0.15, 0.2) is 28.8 Å². The van der Waals surface area contributed by atoms with E-state index in [1.807, 2.05) is 0 Å². The minimum Gasteiger partial charge on any atom is -0.372 e. The summed E-state index contributed by atoms with van der Waals surface area (Å²) in [5.74, 6) is 1.83. The van der Waals surface area contributed by atoms with Crippen LogP contribution in [0.1, 0.15) is 37.5 Å². The molecule has 23 heavy (non-hydrogen) atoms. The summed E-state index contributed by atoms with van der Waals surface area (Å²) in [5, 5.41) is 7.48. The Kier molecular flexibility index (Phi) is 5.18. The van der Waals surface area contributed by atoms with E-state index in [1.54, 1.807) is 0 Å². The number of hydrogen-bond donors (Lipinski definition) is 1. The first-order chi connectivity index (χ1) is 10.9. The van der Waals surface area contributed by atoms with Crippen LogP contribution in [0.25, 0.3) is 11.4 Å². The van der Waals surface area contributed by atoms with E-state index in [-0.39, 0.29) is 12.4 Å². The van der Waals surface area contributed by atoms with Gasteiger partial charge in [0.15, 0.2) is 0 Å². The summed E-state index contributed by atoms with van der Waals surface area (Å²) in [6.07, 6.45) is 5.03. The number of halogens is 1. The summed E-state index contributed by atoms with van der Waals surface area (Å²) in [5.41, 5.74) is 2.33. The molecule has 1 atom stereocenters. The van der Waals surface area contributed by atoms with Crippen molar-refractivity contribution in [3.63, 3.8) is 0 Å². The lowest BCUT2D eigenvalue weighted by atomic mass is 10.1. The standard InChI is InChI=1S/C17H22N4O.ClH/c1-2-10-21(11-3-1)15-6-4-13(5-7-15)16-19-17(22-20-16)14-8-9-18-12-14;/h4-7,14,18H,1-3,8-12H2;1H/t14-;/m0./s1. The van der Waals surface area contributed by atoms with Crippen molar-refractivity contribution in [2.45, 2.75) is 31.6 Å². The molecule has 5 nitrogen and oxygen atoms in total. The van der Waals surface area contributed by atoms with Gasteiger partial charge in [0.1, 0.15) is 0 Å². The van der Waals surface area contributed by atoms with Gasteiger partial charge in [0, 0.05) is 30.9 Å². The maximum absolute atomic E-state index is 5.44. The molecule has 0 amide bonds. The molecular formula is C17H23ClN4O. The Bertz CT molecular complexity index is 616. The van der Waals surface area contributed by atoms with Crippen LogP contribution in [0, 0.1) is 0 Å². The number of nitrogens with zero attached hydrogens (tertiary/aromatic N) is 3. The minimum atomic E-state index is 0. The van der Waals surface area contributed by atoms with Gasteiger partial charge in [0.05, 0.1) is 5.92 Å². The highest BCUT2D eigenvalue weighted by Crippen LogP contribution is 2.26. The fraction of sp³-hybridized carbons (Fsp3) is 0.529. The van der Waals surface area contributed by atoms with Crippen LogP contribution in [0.3, 0.4) is 0 Å². The van der Waals surface area contributed by atoms with Crippen molar-refractivity contribution < 1.29 is 4.52 Å². The zero-order chi connectivity index (χ0) is 14.8. The number of nitrogens with one attached hydrogen (secondary N) is 1. The Balaban J connectivity index is 0.00000156. The molecule has 0 saturated carbocycles. The summed E-state index contributed by atoms with van der Waals surface area (Å²) >= 11 is 0. The Morgan fingerprint density at radius 3 is 2.57 bits per heavy atom. The highest BCUT2D eigenvalue weighted by Gasteiger charge is 2.23. The van der Waals surface area contributed by atoms with Crippen molar-refractivity contribution in [2.75, 3.05) is 31.1 Å². The Morgan fingerprint density at radius 1 is 1.09 bits per heavy atom. The van der Waals surface area contributed by atoms with Gasteiger partial charge in [0.2, 0.25) is 11.7 Å². The quantitative estimate of drug-likeness (QED) is 0.934. The molecule has 4 rings (SSSR count). The topological polar surface area (TPSA) is 54.2 Å². The molecule has 0 spiro atoms. The van der Waals surface area contributed by atoms with Gasteiger partial charge in [-0.1, -0.05) is 5.16 Å². The summed E-state index contributed by atoms with van der Waals surface area (Å²) in [7, 11) is 0. The SMILES string of the molecule is Cl.c1cc(N2CCCCC2)ccc1-c1noc([C@H]2CCNC2)n1. The molecule has 0 unspecified atom stereocenters. The van der Waals surface area contributed by atoms with Gasteiger partial charge in [0.25, 0.3) is 0 Å². The molecule has 2 aliphatic heterocycles. The smallest absolute Gasteiger partial charge is 0.231 e. The molecule has 3 heterocycles. The Hall–Kier alpha value is -1.59. The van der Waals surface area contributed by atoms with Crippen LogP contribution in [-0.2, 0) is 0 Å². The van der Waals surface area contributed by atoms with Gasteiger partial charge in [-0.25, -0.2) is 0 Å². The second kappa shape index (κ2) is 7.32. The van der Waals surface area contributed by atoms with Crippen LogP contribution >= 0.6 is 12.4 Å². The maximum Gasteiger partial charge on any atom is 0.231 e. The van der Waals surface area contributed by atoms with Gasteiger partial charge in [-0.3, -0.25) is 0 Å². The molecule has 1 N–H and O–H groups in total. The second-order valence-electron chi connectivity index (χ2n) is 6.24. The van der Waals surface area contributed by atoms with Gasteiger partial charge in [-0.15, -0.1) is 12.4 Å². The third kappa shape index (κ3) is 3.51. The fourth-order valence-corrected chi connectivity index (χ4v) is 3.36. The van der Waals surface area contributed by atoms with E-state index < -0.39 is 0 Å². The van der Waals surface area contributed by atoms with Gasteiger partial charge in [-0.05, 0) is 56.5 Å². The van der Waals surface area contributed by atoms with Gasteiger partial charge in [-0.2, -0.15) is 4.98 Å². The van der Waals surface area contributed by atoms with Crippen LogP contribution in [-0.4, -0.2) is 36.3 Å². The molecule has 124 valence electrons. The maximum atomic E-state index is 5.44. The molecule has 1 aromatic heterocycles. The predicted molar refractivity (Wildman–Crippen MR) is 93.3 cm³/mol. The van der Waals surface area contributed by atoms with E-state index in [1.165, 1.54) is 38.0 Å². The van der Waals surface area contributed by atoms with Crippen LogP contribution in [0.5, 0.6) is 0 Å². The third-order valence-electron chi connectivity index (χ3n) is 4.70. The molecule has 6 heteroatoms. The van der Waals surface area contributed by atoms with Gasteiger partial charge >= 0.3 is 0 Å². The summed E-state index contributed by atoms with van der Waals surface area (Å²) in [6.45, 7) is 4.31. The van der Waals surface area contributed by atoms with E-state index in [0.717, 1.165) is 31.0 Å². The zero-order valence-electron chi connectivity index (χ0n) is 13.2. The summed E-state index contributed by atoms with van der Waals surface area (Å²) in [4.78, 5) is 7.03. The molecule has 2 aromatic rings. The van der Waals surface area contributed by atoms with E-state index in [9.17, 15) is 0 Å². The number of rotatable bonds is 3. The minimum absolute atomic E-state index is 0. The summed E-state index contributed by atoms with van der Waals surface area (Å²) in [6, 6.07) is 8.55. The van der Waals surface area contributed by atoms with E-state index in [0.29, 0.717) is 11.7 Å². The lowest BCUT2D eigenvalue weighted by molar-refractivity contribution is 0.359. The normalized spacial score (nSPS) is 21.2. The third-order valence-corrected chi connectivity index (χ3v) is 4.70. The van der Waals surface area contributed by atoms with Crippen molar-refractivity contribution in [3.05, 3.63) is 30.2 Å². The first-order valence-corrected chi connectivity index (χ1v) is 8.30. The van der Waals surface area contributed by atoms with Crippen LogP contribution in [0.4, 0.5) is 5.69 Å². The molecule has 0 aliphatic carbocycles. The molecule has 2 saturated heterocycles.